The normalized spacial score (nSPS) is 12.2. The average Bonchev–Trinajstić information content (AvgIpc) is 2.71. The molecule has 0 fully saturated rings. The minimum absolute atomic E-state index is 0. The molecule has 2 heterocycles. The summed E-state index contributed by atoms with van der Waals surface area (Å²) < 4.78 is 6.25. The smallest absolute Gasteiger partial charge is 0.155 e. The Kier molecular flexibility index (Phi) is 7.06. The molecule has 33 heavy (non-hydrogen) atoms. The van der Waals surface area contributed by atoms with Crippen molar-refractivity contribution in [3.05, 3.63) is 78.2 Å². The number of aliphatic hydroxyl groups is 1. The Morgan fingerprint density at radius 1 is 1.06 bits per heavy atom. The molecule has 1 N–H and O–H groups in total. The number of carbonyl (C=O) groups excluding carboxylic acids is 1. The molecule has 0 aliphatic carbocycles. The fourth-order valence-corrected chi connectivity index (χ4v) is 4.01. The van der Waals surface area contributed by atoms with Gasteiger partial charge in [0.05, 0.1) is 11.5 Å². The number of carbonyl (C=O) groups is 1. The maximum atomic E-state index is 10.0. The summed E-state index contributed by atoms with van der Waals surface area (Å²) in [5.74, 6) is 1.64. The fourth-order valence-electron chi connectivity index (χ4n) is 4.01. The first-order valence-corrected chi connectivity index (χ1v) is 10.6. The Hall–Kier alpha value is -3.01. The second-order valence-corrected chi connectivity index (χ2v) is 9.04. The first kappa shape index (κ1) is 24.6. The summed E-state index contributed by atoms with van der Waals surface area (Å²) in [5.41, 5.74) is 3.28. The van der Waals surface area contributed by atoms with Crippen LogP contribution in [0.3, 0.4) is 0 Å². The van der Waals surface area contributed by atoms with E-state index in [1.165, 1.54) is 30.9 Å². The van der Waals surface area contributed by atoms with E-state index in [9.17, 15) is 4.79 Å². The third kappa shape index (κ3) is 5.00. The van der Waals surface area contributed by atoms with Crippen LogP contribution in [0.2, 0.25) is 0 Å². The van der Waals surface area contributed by atoms with Crippen molar-refractivity contribution in [2.75, 3.05) is 0 Å². The summed E-state index contributed by atoms with van der Waals surface area (Å²) in [6.45, 7) is 9.56. The predicted octanol–water partition coefficient (Wildman–Crippen LogP) is 7.29. The number of hydrogen-bond acceptors (Lipinski definition) is 4. The summed E-state index contributed by atoms with van der Waals surface area (Å²) in [7, 11) is 0. The van der Waals surface area contributed by atoms with Crippen molar-refractivity contribution >= 4 is 27.3 Å². The van der Waals surface area contributed by atoms with Gasteiger partial charge in [0.2, 0.25) is 0 Å². The van der Waals surface area contributed by atoms with Crippen molar-refractivity contribution in [1.82, 2.24) is 4.98 Å². The summed E-state index contributed by atoms with van der Waals surface area (Å²) in [6, 6.07) is 20.2. The van der Waals surface area contributed by atoms with Gasteiger partial charge in [-0.15, -0.1) is 17.5 Å². The van der Waals surface area contributed by atoms with Gasteiger partial charge in [-0.2, -0.15) is 0 Å². The molecular formula is C28H26IrNO3-. The van der Waals surface area contributed by atoms with E-state index >= 15 is 0 Å². The van der Waals surface area contributed by atoms with E-state index in [4.69, 9.17) is 14.8 Å². The van der Waals surface area contributed by atoms with E-state index in [1.54, 1.807) is 0 Å². The van der Waals surface area contributed by atoms with Crippen LogP contribution >= 0.6 is 0 Å². The van der Waals surface area contributed by atoms with Crippen LogP contribution in [0.25, 0.3) is 32.8 Å². The number of benzene rings is 3. The largest absolute Gasteiger partial charge is 0.512 e. The van der Waals surface area contributed by atoms with E-state index < -0.39 is 0 Å². The minimum atomic E-state index is -0.125. The van der Waals surface area contributed by atoms with Gasteiger partial charge < -0.3 is 9.84 Å². The molecule has 171 valence electrons. The molecule has 0 spiro atoms. The number of ether oxygens (including phenoxy) is 1. The van der Waals surface area contributed by atoms with Crippen molar-refractivity contribution < 1.29 is 34.7 Å². The quantitative estimate of drug-likeness (QED) is 0.122. The number of rotatable bonds is 1. The van der Waals surface area contributed by atoms with E-state index in [-0.39, 0.29) is 37.1 Å². The average molecular weight is 617 g/mol. The first-order valence-electron chi connectivity index (χ1n) is 10.6. The summed E-state index contributed by atoms with van der Waals surface area (Å²) >= 11 is 0. The molecule has 0 saturated carbocycles. The molecule has 0 amide bonds. The van der Waals surface area contributed by atoms with Crippen molar-refractivity contribution in [3.8, 4) is 22.8 Å². The summed E-state index contributed by atoms with van der Waals surface area (Å²) in [5, 5.41) is 12.9. The van der Waals surface area contributed by atoms with Crippen LogP contribution in [-0.2, 0) is 30.3 Å². The molecule has 1 aromatic heterocycles. The zero-order chi connectivity index (χ0) is 23.0. The summed E-state index contributed by atoms with van der Waals surface area (Å²) in [6.07, 6.45) is 3.06. The molecule has 0 bridgehead atoms. The van der Waals surface area contributed by atoms with Gasteiger partial charge in [-0.05, 0) is 42.3 Å². The van der Waals surface area contributed by atoms with E-state index in [0.717, 1.165) is 38.9 Å². The van der Waals surface area contributed by atoms with Crippen LogP contribution in [0.15, 0.2) is 66.6 Å². The van der Waals surface area contributed by atoms with Gasteiger partial charge in [0.1, 0.15) is 5.75 Å². The SMILES string of the molecule is CC(=O)/C=C(/C)O.CC(C)(C)c1ccc2c3c(nccc13)-c1[c-]c3ccccc3cc1O2.[Ir]. The standard InChI is InChI=1S/C23H18NO.C5H8O2.Ir/c1-23(2,3)18-8-9-19-21-16(18)10-11-24-22(21)17-12-14-6-4-5-7-15(14)13-20(17)25-19;1-4(6)3-5(2)7;/h4-11,13H,1-3H3;3,6H,1-2H3;/q-1;;/b;4-3-;. The van der Waals surface area contributed by atoms with E-state index in [1.807, 2.05) is 18.3 Å². The topological polar surface area (TPSA) is 59.4 Å². The predicted molar refractivity (Wildman–Crippen MR) is 129 cm³/mol. The Morgan fingerprint density at radius 2 is 1.79 bits per heavy atom. The maximum Gasteiger partial charge on any atom is 0.155 e. The number of aromatic nitrogens is 1. The van der Waals surface area contributed by atoms with Gasteiger partial charge in [-0.1, -0.05) is 62.1 Å². The molecule has 0 atom stereocenters. The van der Waals surface area contributed by atoms with E-state index in [2.05, 4.69) is 63.2 Å². The molecule has 1 aliphatic rings. The number of fused-ring (bicyclic) bond motifs is 3. The number of allylic oxidation sites excluding steroid dienone is 2. The third-order valence-electron chi connectivity index (χ3n) is 5.32. The molecule has 5 heteroatoms. The second-order valence-electron chi connectivity index (χ2n) is 9.04. The van der Waals surface area contributed by atoms with Gasteiger partial charge in [0.25, 0.3) is 0 Å². The number of pyridine rings is 1. The van der Waals surface area contributed by atoms with Crippen molar-refractivity contribution in [1.29, 1.82) is 0 Å². The molecule has 1 aliphatic heterocycles. The molecular weight excluding hydrogens is 591 g/mol. The van der Waals surface area contributed by atoms with Gasteiger partial charge in [-0.25, -0.2) is 0 Å². The molecule has 3 aromatic carbocycles. The summed E-state index contributed by atoms with van der Waals surface area (Å²) in [4.78, 5) is 14.7. The number of nitrogens with zero attached hydrogens (tertiary/aromatic N) is 1. The maximum absolute atomic E-state index is 10.0. The number of aliphatic hydroxyl groups excluding tert-OH is 1. The van der Waals surface area contributed by atoms with Crippen molar-refractivity contribution in [2.45, 2.75) is 40.0 Å². The van der Waals surface area contributed by atoms with Gasteiger partial charge in [0, 0.05) is 43.5 Å². The monoisotopic (exact) mass is 617 g/mol. The van der Waals surface area contributed by atoms with Crippen LogP contribution in [0, 0.1) is 6.07 Å². The Labute approximate surface area is 207 Å². The number of hydrogen-bond donors (Lipinski definition) is 1. The Morgan fingerprint density at radius 3 is 2.42 bits per heavy atom. The molecule has 4 aromatic rings. The van der Waals surface area contributed by atoms with Crippen molar-refractivity contribution in [3.63, 3.8) is 0 Å². The molecule has 0 unspecified atom stereocenters. The van der Waals surface area contributed by atoms with Gasteiger partial charge >= 0.3 is 0 Å². The second kappa shape index (κ2) is 9.46. The molecule has 0 saturated heterocycles. The third-order valence-corrected chi connectivity index (χ3v) is 5.32. The fraction of sp³-hybridized carbons (Fsp3) is 0.214. The van der Waals surface area contributed by atoms with E-state index in [0.29, 0.717) is 0 Å². The zero-order valence-corrected chi connectivity index (χ0v) is 21.7. The zero-order valence-electron chi connectivity index (χ0n) is 19.3. The molecule has 5 rings (SSSR count). The van der Waals surface area contributed by atoms with Crippen LogP contribution in [0.1, 0.15) is 40.2 Å². The minimum Gasteiger partial charge on any atom is -0.512 e. The number of ketones is 1. The Bertz CT molecular complexity index is 1380. The van der Waals surface area contributed by atoms with Crippen LogP contribution in [-0.4, -0.2) is 15.9 Å². The first-order chi connectivity index (χ1) is 15.1. The van der Waals surface area contributed by atoms with Crippen LogP contribution in [0.4, 0.5) is 0 Å². The molecule has 4 nitrogen and oxygen atoms in total. The Balaban J connectivity index is 0.000000337. The van der Waals surface area contributed by atoms with Crippen LogP contribution in [0.5, 0.6) is 11.5 Å². The van der Waals surface area contributed by atoms with Gasteiger partial charge in [-0.3, -0.25) is 9.78 Å². The van der Waals surface area contributed by atoms with Crippen LogP contribution < -0.4 is 4.74 Å². The van der Waals surface area contributed by atoms with Crippen molar-refractivity contribution in [2.24, 2.45) is 0 Å². The molecule has 1 radical (unpaired) electrons. The van der Waals surface area contributed by atoms with Gasteiger partial charge in [0.15, 0.2) is 5.78 Å².